The molecule has 3 aromatic carbocycles. The summed E-state index contributed by atoms with van der Waals surface area (Å²) in [5, 5.41) is 3.25. The van der Waals surface area contributed by atoms with E-state index >= 15 is 0 Å². The first-order valence-electron chi connectivity index (χ1n) is 15.3. The number of amides is 1. The van der Waals surface area contributed by atoms with Crippen LogP contribution in [0.4, 0.5) is 27.9 Å². The van der Waals surface area contributed by atoms with E-state index in [0.717, 1.165) is 35.5 Å². The Hall–Kier alpha value is -4.83. The number of hydrogen-bond acceptors (Lipinski definition) is 9. The summed E-state index contributed by atoms with van der Waals surface area (Å²) in [7, 11) is 3.10. The van der Waals surface area contributed by atoms with Gasteiger partial charge in [0.2, 0.25) is 5.95 Å². The molecule has 1 fully saturated rings. The van der Waals surface area contributed by atoms with E-state index in [2.05, 4.69) is 15.2 Å². The summed E-state index contributed by atoms with van der Waals surface area (Å²) in [6.07, 6.45) is 5.81. The number of aromatic nitrogens is 2. The molecule has 4 aromatic rings. The molecule has 0 bridgehead atoms. The topological polar surface area (TPSA) is 98.3 Å². The molecule has 2 heterocycles. The van der Waals surface area contributed by atoms with Crippen LogP contribution in [-0.2, 0) is 0 Å². The van der Waals surface area contributed by atoms with Gasteiger partial charge in [0.25, 0.3) is 0 Å². The lowest BCUT2D eigenvalue weighted by atomic mass is 10.1. The van der Waals surface area contributed by atoms with Gasteiger partial charge in [-0.2, -0.15) is 4.98 Å². The van der Waals surface area contributed by atoms with Crippen LogP contribution >= 0.6 is 0 Å². The number of nitrogens with one attached hydrogen (secondary N) is 1. The van der Waals surface area contributed by atoms with Crippen LogP contribution in [0.5, 0.6) is 23.0 Å². The van der Waals surface area contributed by atoms with Gasteiger partial charge in [-0.15, -0.1) is 0 Å². The minimum absolute atomic E-state index is 0.278. The highest BCUT2D eigenvalue weighted by Gasteiger charge is 2.27. The van der Waals surface area contributed by atoms with Crippen molar-refractivity contribution in [2.75, 3.05) is 50.7 Å². The molecular formula is C35H41N5O5. The van der Waals surface area contributed by atoms with Gasteiger partial charge in [0.15, 0.2) is 0 Å². The summed E-state index contributed by atoms with van der Waals surface area (Å²) < 4.78 is 23.1. The summed E-state index contributed by atoms with van der Waals surface area (Å²) in [6, 6.07) is 20.2. The van der Waals surface area contributed by atoms with E-state index in [0.29, 0.717) is 35.5 Å². The summed E-state index contributed by atoms with van der Waals surface area (Å²) in [5.41, 5.74) is 2.82. The Morgan fingerprint density at radius 2 is 1.69 bits per heavy atom. The van der Waals surface area contributed by atoms with E-state index in [-0.39, 0.29) is 5.82 Å². The van der Waals surface area contributed by atoms with Crippen LogP contribution in [0.15, 0.2) is 72.9 Å². The van der Waals surface area contributed by atoms with E-state index < -0.39 is 6.09 Å². The largest absolute Gasteiger partial charge is 0.497 e. The van der Waals surface area contributed by atoms with Crippen LogP contribution in [0, 0.1) is 13.8 Å². The minimum atomic E-state index is -0.663. The van der Waals surface area contributed by atoms with Gasteiger partial charge in [0, 0.05) is 36.6 Å². The van der Waals surface area contributed by atoms with Crippen molar-refractivity contribution in [3.63, 3.8) is 0 Å². The van der Waals surface area contributed by atoms with Crippen molar-refractivity contribution in [1.82, 2.24) is 14.9 Å². The third-order valence-electron chi connectivity index (χ3n) is 7.70. The van der Waals surface area contributed by atoms with Crippen molar-refractivity contribution in [1.29, 1.82) is 0 Å². The highest BCUT2D eigenvalue weighted by Crippen LogP contribution is 2.37. The standard InChI is InChI=1S/C35H41N5O5/c1-25-11-8-12-26(2)33(25)45-35(41)40(30-24-28(42-3)15-16-31(30)43-4)32-17-18-36-34(38-32)37-27-13-9-14-29(23-27)44-22-10-21-39-19-6-5-7-20-39/h8-9,11-18,23-24H,5-7,10,19-22H2,1-4H3,(H,36,37,38). The number of ether oxygens (including phenoxy) is 4. The Balaban J connectivity index is 1.37. The van der Waals surface area contributed by atoms with Crippen LogP contribution in [0.3, 0.4) is 0 Å². The second-order valence-corrected chi connectivity index (χ2v) is 11.0. The average molecular weight is 612 g/mol. The second kappa shape index (κ2) is 15.3. The maximum absolute atomic E-state index is 13.9. The monoisotopic (exact) mass is 611 g/mol. The summed E-state index contributed by atoms with van der Waals surface area (Å²) in [4.78, 5) is 26.9. The zero-order valence-corrected chi connectivity index (χ0v) is 26.4. The number of rotatable bonds is 12. The van der Waals surface area contributed by atoms with Crippen molar-refractivity contribution in [3.8, 4) is 23.0 Å². The fourth-order valence-corrected chi connectivity index (χ4v) is 5.37. The molecule has 0 radical (unpaired) electrons. The smallest absolute Gasteiger partial charge is 0.425 e. The van der Waals surface area contributed by atoms with Crippen LogP contribution in [-0.4, -0.2) is 61.4 Å². The van der Waals surface area contributed by atoms with Gasteiger partial charge in [-0.05, 0) is 81.6 Å². The number of piperidine rings is 1. The maximum Gasteiger partial charge on any atom is 0.425 e. The van der Waals surface area contributed by atoms with Crippen molar-refractivity contribution in [2.45, 2.75) is 39.5 Å². The Morgan fingerprint density at radius 1 is 0.911 bits per heavy atom. The number of carbonyl (C=O) groups excluding carboxylic acids is 1. The molecule has 1 N–H and O–H groups in total. The lowest BCUT2D eigenvalue weighted by molar-refractivity contribution is 0.205. The predicted molar refractivity (Wildman–Crippen MR) is 176 cm³/mol. The molecule has 0 aliphatic carbocycles. The van der Waals surface area contributed by atoms with E-state index in [1.54, 1.807) is 37.6 Å². The fraction of sp³-hybridized carbons (Fsp3) is 0.343. The van der Waals surface area contributed by atoms with Gasteiger partial charge in [-0.1, -0.05) is 30.7 Å². The number of carbonyl (C=O) groups is 1. The molecule has 1 aliphatic rings. The van der Waals surface area contributed by atoms with Gasteiger partial charge >= 0.3 is 6.09 Å². The first-order valence-corrected chi connectivity index (χ1v) is 15.3. The van der Waals surface area contributed by atoms with Crippen LogP contribution in [0.1, 0.15) is 36.8 Å². The average Bonchev–Trinajstić information content (AvgIpc) is 3.06. The lowest BCUT2D eigenvalue weighted by Gasteiger charge is -2.26. The third-order valence-corrected chi connectivity index (χ3v) is 7.70. The van der Waals surface area contributed by atoms with Crippen molar-refractivity contribution in [2.24, 2.45) is 0 Å². The molecule has 0 atom stereocenters. The van der Waals surface area contributed by atoms with E-state index in [9.17, 15) is 4.79 Å². The van der Waals surface area contributed by atoms with Crippen LogP contribution in [0.25, 0.3) is 0 Å². The molecule has 1 amide bonds. The van der Waals surface area contributed by atoms with Crippen molar-refractivity contribution in [3.05, 3.63) is 84.1 Å². The van der Waals surface area contributed by atoms with E-state index in [1.807, 2.05) is 56.3 Å². The Labute approximate surface area is 264 Å². The van der Waals surface area contributed by atoms with Gasteiger partial charge < -0.3 is 29.2 Å². The molecule has 0 saturated carbocycles. The minimum Gasteiger partial charge on any atom is -0.497 e. The Kier molecular flexibility index (Phi) is 10.7. The zero-order chi connectivity index (χ0) is 31.6. The molecule has 10 nitrogen and oxygen atoms in total. The summed E-state index contributed by atoms with van der Waals surface area (Å²) in [5.74, 6) is 2.79. The van der Waals surface area contributed by atoms with Gasteiger partial charge in [0.1, 0.15) is 28.8 Å². The number of nitrogens with zero attached hydrogens (tertiary/aromatic N) is 4. The number of aryl methyl sites for hydroxylation is 2. The first kappa shape index (κ1) is 31.6. The number of hydrogen-bond donors (Lipinski definition) is 1. The Morgan fingerprint density at radius 3 is 2.44 bits per heavy atom. The molecule has 1 saturated heterocycles. The first-order chi connectivity index (χ1) is 21.9. The van der Waals surface area contributed by atoms with Crippen LogP contribution in [0.2, 0.25) is 0 Å². The third kappa shape index (κ3) is 8.21. The molecule has 236 valence electrons. The number of methoxy groups -OCH3 is 2. The van der Waals surface area contributed by atoms with Crippen LogP contribution < -0.4 is 29.2 Å². The van der Waals surface area contributed by atoms with Gasteiger partial charge in [-0.3, -0.25) is 0 Å². The number of anilines is 4. The molecule has 5 rings (SSSR count). The Bertz CT molecular complexity index is 1570. The zero-order valence-electron chi connectivity index (χ0n) is 26.4. The van der Waals surface area contributed by atoms with E-state index in [4.69, 9.17) is 23.9 Å². The molecule has 1 aliphatic heterocycles. The molecule has 1 aromatic heterocycles. The number of benzene rings is 3. The van der Waals surface area contributed by atoms with Gasteiger partial charge in [0.05, 0.1) is 26.5 Å². The van der Waals surface area contributed by atoms with Gasteiger partial charge in [-0.25, -0.2) is 14.7 Å². The van der Waals surface area contributed by atoms with Crippen molar-refractivity contribution < 1.29 is 23.7 Å². The molecule has 45 heavy (non-hydrogen) atoms. The normalized spacial score (nSPS) is 13.2. The summed E-state index contributed by atoms with van der Waals surface area (Å²) in [6.45, 7) is 7.86. The SMILES string of the molecule is COc1ccc(OC)c(N(C(=O)Oc2c(C)cccc2C)c2ccnc(Nc3cccc(OCCCN4CCCCC4)c3)n2)c1. The molecule has 10 heteroatoms. The van der Waals surface area contributed by atoms with E-state index in [1.165, 1.54) is 44.4 Å². The molecule has 0 spiro atoms. The maximum atomic E-state index is 13.9. The lowest BCUT2D eigenvalue weighted by Crippen LogP contribution is -2.31. The highest BCUT2D eigenvalue weighted by atomic mass is 16.6. The predicted octanol–water partition coefficient (Wildman–Crippen LogP) is 7.45. The quantitative estimate of drug-likeness (QED) is 0.164. The fourth-order valence-electron chi connectivity index (χ4n) is 5.37. The molecule has 0 unspecified atom stereocenters. The second-order valence-electron chi connectivity index (χ2n) is 11.0. The number of likely N-dealkylation sites (tertiary alicyclic amines) is 1. The van der Waals surface area contributed by atoms with Crippen molar-refractivity contribution >= 4 is 29.2 Å². The molecular weight excluding hydrogens is 570 g/mol. The number of para-hydroxylation sites is 1. The summed E-state index contributed by atoms with van der Waals surface area (Å²) >= 11 is 0. The highest BCUT2D eigenvalue weighted by molar-refractivity contribution is 5.98.